The molecule has 1 N–H and O–H groups in total. The monoisotopic (exact) mass is 369 g/mol. The van der Waals surface area contributed by atoms with E-state index in [-0.39, 0.29) is 30.3 Å². The van der Waals surface area contributed by atoms with Crippen molar-refractivity contribution >= 4 is 34.7 Å². The fraction of sp³-hybridized carbons (Fsp3) is 0.167. The molecule has 9 nitrogen and oxygen atoms in total. The molecule has 9 heteroatoms. The average Bonchev–Trinajstić information content (AvgIpc) is 2.61. The first-order valence-corrected chi connectivity index (χ1v) is 7.98. The predicted octanol–water partition coefficient (Wildman–Crippen LogP) is 2.16. The summed E-state index contributed by atoms with van der Waals surface area (Å²) in [5.41, 5.74) is 1.12. The Labute approximate surface area is 153 Å². The highest BCUT2D eigenvalue weighted by molar-refractivity contribution is 5.99. The van der Waals surface area contributed by atoms with Crippen LogP contribution in [0.3, 0.4) is 0 Å². The molecule has 0 spiro atoms. The van der Waals surface area contributed by atoms with Crippen LogP contribution in [0.25, 0.3) is 0 Å². The van der Waals surface area contributed by atoms with Crippen LogP contribution in [0.2, 0.25) is 0 Å². The second kappa shape index (κ2) is 7.24. The van der Waals surface area contributed by atoms with Crippen molar-refractivity contribution in [2.45, 2.75) is 6.92 Å². The first kappa shape index (κ1) is 18.1. The molecular weight excluding hydrogens is 354 g/mol. The topological polar surface area (TPSA) is 119 Å². The molecule has 1 aliphatic heterocycles. The fourth-order valence-electron chi connectivity index (χ4n) is 2.69. The van der Waals surface area contributed by atoms with E-state index in [2.05, 4.69) is 5.32 Å². The van der Waals surface area contributed by atoms with Crippen molar-refractivity contribution < 1.29 is 24.0 Å². The molecule has 1 amide bonds. The Hall–Kier alpha value is -3.75. The smallest absolute Gasteiger partial charge is 0.331 e. The van der Waals surface area contributed by atoms with Crippen molar-refractivity contribution in [3.8, 4) is 5.75 Å². The molecule has 0 fully saturated rings. The molecule has 0 unspecified atom stereocenters. The van der Waals surface area contributed by atoms with Gasteiger partial charge in [-0.1, -0.05) is 12.1 Å². The minimum atomic E-state index is -0.616. The third-order valence-electron chi connectivity index (χ3n) is 3.93. The van der Waals surface area contributed by atoms with Crippen LogP contribution < -0.4 is 15.0 Å². The van der Waals surface area contributed by atoms with Gasteiger partial charge < -0.3 is 15.0 Å². The molecule has 1 aliphatic rings. The third-order valence-corrected chi connectivity index (χ3v) is 3.93. The van der Waals surface area contributed by atoms with E-state index in [4.69, 9.17) is 4.74 Å². The van der Waals surface area contributed by atoms with Crippen LogP contribution in [0.1, 0.15) is 17.3 Å². The number of nitrogens with zero attached hydrogens (tertiary/aromatic N) is 2. The van der Waals surface area contributed by atoms with Gasteiger partial charge >= 0.3 is 5.97 Å². The number of Topliss-reactive ketones (excluding diaryl/α,β-unsaturated/α-hetero) is 1. The number of hydrogen-bond acceptors (Lipinski definition) is 7. The minimum Gasteiger partial charge on any atom is -0.423 e. The number of nitro groups is 1. The lowest BCUT2D eigenvalue weighted by Crippen LogP contribution is -2.41. The molecule has 2 aromatic carbocycles. The molecule has 0 radical (unpaired) electrons. The molecule has 1 heterocycles. The molecule has 27 heavy (non-hydrogen) atoms. The normalized spacial score (nSPS) is 12.8. The maximum Gasteiger partial charge on any atom is 0.331 e. The summed E-state index contributed by atoms with van der Waals surface area (Å²) in [5.74, 6) is -1.11. The molecule has 0 bridgehead atoms. The Kier molecular flexibility index (Phi) is 4.84. The Bertz CT molecular complexity index is 956. The molecule has 0 aliphatic carbocycles. The largest absolute Gasteiger partial charge is 0.423 e. The van der Waals surface area contributed by atoms with Crippen molar-refractivity contribution in [3.05, 3.63) is 58.1 Å². The molecular formula is C18H15N3O6. The van der Waals surface area contributed by atoms with Crippen LogP contribution in [-0.4, -0.2) is 35.7 Å². The third kappa shape index (κ3) is 4.09. The summed E-state index contributed by atoms with van der Waals surface area (Å²) in [6.07, 6.45) is 0. The number of nitro benzene ring substituents is 1. The quantitative estimate of drug-likeness (QED) is 0.282. The molecule has 0 saturated carbocycles. The van der Waals surface area contributed by atoms with Crippen LogP contribution in [0, 0.1) is 10.1 Å². The maximum absolute atomic E-state index is 12.4. The van der Waals surface area contributed by atoms with E-state index in [0.717, 1.165) is 6.07 Å². The molecule has 0 saturated heterocycles. The van der Waals surface area contributed by atoms with Crippen molar-refractivity contribution in [2.24, 2.45) is 0 Å². The lowest BCUT2D eigenvalue weighted by Gasteiger charge is -2.28. The summed E-state index contributed by atoms with van der Waals surface area (Å²) >= 11 is 0. The summed E-state index contributed by atoms with van der Waals surface area (Å²) in [5, 5.41) is 13.5. The van der Waals surface area contributed by atoms with Gasteiger partial charge in [0.2, 0.25) is 5.91 Å². The summed E-state index contributed by atoms with van der Waals surface area (Å²) in [7, 11) is 0. The Morgan fingerprint density at radius 3 is 2.74 bits per heavy atom. The van der Waals surface area contributed by atoms with Crippen LogP contribution in [-0.2, 0) is 9.59 Å². The van der Waals surface area contributed by atoms with Crippen LogP contribution >= 0.6 is 0 Å². The highest BCUT2D eigenvalue weighted by Crippen LogP contribution is 2.35. The van der Waals surface area contributed by atoms with Crippen LogP contribution in [0.15, 0.2) is 42.5 Å². The van der Waals surface area contributed by atoms with Crippen LogP contribution in [0.5, 0.6) is 5.75 Å². The lowest BCUT2D eigenvalue weighted by molar-refractivity contribution is -0.384. The Morgan fingerprint density at radius 1 is 1.26 bits per heavy atom. The highest BCUT2D eigenvalue weighted by atomic mass is 16.6. The maximum atomic E-state index is 12.4. The molecule has 138 valence electrons. The van der Waals surface area contributed by atoms with Gasteiger partial charge in [-0.25, -0.2) is 4.79 Å². The second-order valence-electron chi connectivity index (χ2n) is 5.92. The van der Waals surface area contributed by atoms with Gasteiger partial charge in [0.05, 0.1) is 23.2 Å². The number of ketones is 1. The van der Waals surface area contributed by atoms with Gasteiger partial charge in [-0.2, -0.15) is 0 Å². The Balaban J connectivity index is 1.77. The van der Waals surface area contributed by atoms with E-state index in [1.54, 1.807) is 24.3 Å². The molecule has 0 atom stereocenters. The zero-order valence-electron chi connectivity index (χ0n) is 14.3. The van der Waals surface area contributed by atoms with E-state index in [1.165, 1.54) is 24.0 Å². The zero-order chi connectivity index (χ0) is 19.6. The molecule has 3 rings (SSSR count). The van der Waals surface area contributed by atoms with Crippen molar-refractivity contribution in [1.29, 1.82) is 0 Å². The minimum absolute atomic E-state index is 0.0341. The number of benzene rings is 2. The standard InChI is InChI=1S/C18H15N3O6/c1-11(22)12-3-2-4-13(7-12)19-17(23)9-20-10-18(24)27-16-8-14(21(25)26)5-6-15(16)20/h2-8H,9-10H2,1H3,(H,19,23). The first-order valence-electron chi connectivity index (χ1n) is 7.98. The number of nitrogens with one attached hydrogen (secondary N) is 1. The number of non-ortho nitro benzene ring substituents is 1. The molecule has 0 aromatic heterocycles. The van der Waals surface area contributed by atoms with Gasteiger partial charge in [0.15, 0.2) is 11.5 Å². The van der Waals surface area contributed by atoms with Crippen molar-refractivity contribution in [3.63, 3.8) is 0 Å². The molecule has 2 aromatic rings. The highest BCUT2D eigenvalue weighted by Gasteiger charge is 2.27. The first-order chi connectivity index (χ1) is 12.8. The lowest BCUT2D eigenvalue weighted by atomic mass is 10.1. The predicted molar refractivity (Wildman–Crippen MR) is 96.0 cm³/mol. The number of fused-ring (bicyclic) bond motifs is 1. The van der Waals surface area contributed by atoms with Gasteiger partial charge in [0.25, 0.3) is 5.69 Å². The fourth-order valence-corrected chi connectivity index (χ4v) is 2.69. The van der Waals surface area contributed by atoms with E-state index < -0.39 is 16.8 Å². The van der Waals surface area contributed by atoms with Gasteiger partial charge in [-0.05, 0) is 25.1 Å². The number of hydrogen-bond donors (Lipinski definition) is 1. The van der Waals surface area contributed by atoms with Crippen molar-refractivity contribution in [2.75, 3.05) is 23.3 Å². The van der Waals surface area contributed by atoms with Gasteiger partial charge in [-0.15, -0.1) is 0 Å². The zero-order valence-corrected chi connectivity index (χ0v) is 14.3. The number of rotatable bonds is 5. The number of esters is 1. The van der Waals surface area contributed by atoms with Gasteiger partial charge in [-0.3, -0.25) is 19.7 Å². The number of carbonyl (C=O) groups is 3. The van der Waals surface area contributed by atoms with E-state index in [1.807, 2.05) is 0 Å². The van der Waals surface area contributed by atoms with Crippen molar-refractivity contribution in [1.82, 2.24) is 0 Å². The summed E-state index contributed by atoms with van der Waals surface area (Å²) in [4.78, 5) is 47.3. The van der Waals surface area contributed by atoms with E-state index in [9.17, 15) is 24.5 Å². The number of amides is 1. The average molecular weight is 369 g/mol. The SMILES string of the molecule is CC(=O)c1cccc(NC(=O)CN2CC(=O)Oc3cc([N+](=O)[O-])ccc32)c1. The van der Waals surface area contributed by atoms with E-state index >= 15 is 0 Å². The number of carbonyl (C=O) groups excluding carboxylic acids is 3. The summed E-state index contributed by atoms with van der Waals surface area (Å²) in [6.45, 7) is 1.10. The van der Waals surface area contributed by atoms with E-state index in [0.29, 0.717) is 16.9 Å². The van der Waals surface area contributed by atoms with Crippen LogP contribution in [0.4, 0.5) is 17.1 Å². The second-order valence-corrected chi connectivity index (χ2v) is 5.92. The summed E-state index contributed by atoms with van der Waals surface area (Å²) in [6, 6.07) is 10.4. The Morgan fingerprint density at radius 2 is 2.04 bits per heavy atom. The number of ether oxygens (including phenoxy) is 1. The van der Waals surface area contributed by atoms with Gasteiger partial charge in [0, 0.05) is 17.3 Å². The number of anilines is 2. The van der Waals surface area contributed by atoms with Gasteiger partial charge in [0.1, 0.15) is 6.54 Å². The summed E-state index contributed by atoms with van der Waals surface area (Å²) < 4.78 is 5.04.